The van der Waals surface area contributed by atoms with Crippen LogP contribution in [0.5, 0.6) is 0 Å². The Hall–Kier alpha value is -0.120. The first-order valence-electron chi connectivity index (χ1n) is 7.43. The molecule has 1 heterocycles. The van der Waals surface area contributed by atoms with E-state index in [0.717, 1.165) is 25.3 Å². The van der Waals surface area contributed by atoms with Gasteiger partial charge in [-0.1, -0.05) is 13.8 Å². The highest BCUT2D eigenvalue weighted by Crippen LogP contribution is 2.20. The first-order valence-corrected chi connectivity index (χ1v) is 7.43. The number of hydrogen-bond donors (Lipinski definition) is 1. The number of nitrogens with zero attached hydrogens (tertiary/aromatic N) is 1. The zero-order valence-corrected chi connectivity index (χ0v) is 13.1. The van der Waals surface area contributed by atoms with Crippen molar-refractivity contribution < 1.29 is 4.74 Å². The summed E-state index contributed by atoms with van der Waals surface area (Å²) in [7, 11) is 4.31. The van der Waals surface area contributed by atoms with Crippen molar-refractivity contribution in [3.63, 3.8) is 0 Å². The van der Waals surface area contributed by atoms with Crippen LogP contribution in [0.3, 0.4) is 0 Å². The minimum absolute atomic E-state index is 0.394. The van der Waals surface area contributed by atoms with Gasteiger partial charge in [0.05, 0.1) is 12.2 Å². The van der Waals surface area contributed by atoms with Crippen LogP contribution in [0.15, 0.2) is 0 Å². The van der Waals surface area contributed by atoms with E-state index in [1.165, 1.54) is 6.42 Å². The predicted molar refractivity (Wildman–Crippen MR) is 78.0 cm³/mol. The quantitative estimate of drug-likeness (QED) is 0.790. The SMILES string of the molecule is CC(C)CC(CN(C)C)NC1CC(C)OC(C)C1. The van der Waals surface area contributed by atoms with Crippen LogP contribution in [0.1, 0.15) is 47.0 Å². The predicted octanol–water partition coefficient (Wildman–Crippen LogP) is 2.51. The molecule has 0 aromatic rings. The summed E-state index contributed by atoms with van der Waals surface area (Å²) in [5.74, 6) is 0.747. The second-order valence-corrected chi connectivity index (χ2v) is 6.68. The van der Waals surface area contributed by atoms with Crippen molar-refractivity contribution in [3.05, 3.63) is 0 Å². The largest absolute Gasteiger partial charge is 0.375 e. The summed E-state index contributed by atoms with van der Waals surface area (Å²) in [5, 5.41) is 3.86. The fraction of sp³-hybridized carbons (Fsp3) is 1.00. The molecule has 1 fully saturated rings. The van der Waals surface area contributed by atoms with Crippen LogP contribution in [-0.2, 0) is 4.74 Å². The third-order valence-corrected chi connectivity index (χ3v) is 3.51. The maximum atomic E-state index is 5.81. The maximum Gasteiger partial charge on any atom is 0.0565 e. The first-order chi connectivity index (χ1) is 8.36. The van der Waals surface area contributed by atoms with Gasteiger partial charge in [0.15, 0.2) is 0 Å². The molecule has 1 aliphatic rings. The highest BCUT2D eigenvalue weighted by atomic mass is 16.5. The van der Waals surface area contributed by atoms with Gasteiger partial charge in [-0.25, -0.2) is 0 Å². The van der Waals surface area contributed by atoms with Crippen LogP contribution in [0.2, 0.25) is 0 Å². The summed E-state index contributed by atoms with van der Waals surface area (Å²) in [6, 6.07) is 1.22. The van der Waals surface area contributed by atoms with Crippen LogP contribution in [0.25, 0.3) is 0 Å². The van der Waals surface area contributed by atoms with E-state index >= 15 is 0 Å². The molecule has 0 spiro atoms. The lowest BCUT2D eigenvalue weighted by Gasteiger charge is -2.36. The number of hydrogen-bond acceptors (Lipinski definition) is 3. The topological polar surface area (TPSA) is 24.5 Å². The van der Waals surface area contributed by atoms with Crippen molar-refractivity contribution in [3.8, 4) is 0 Å². The smallest absolute Gasteiger partial charge is 0.0565 e. The second-order valence-electron chi connectivity index (χ2n) is 6.68. The summed E-state index contributed by atoms with van der Waals surface area (Å²) >= 11 is 0. The Morgan fingerprint density at radius 2 is 1.72 bits per heavy atom. The number of ether oxygens (including phenoxy) is 1. The number of rotatable bonds is 6. The molecule has 0 radical (unpaired) electrons. The average Bonchev–Trinajstić information content (AvgIpc) is 2.12. The highest BCUT2D eigenvalue weighted by Gasteiger charge is 2.26. The van der Waals surface area contributed by atoms with E-state index in [9.17, 15) is 0 Å². The molecular weight excluding hydrogens is 224 g/mol. The zero-order chi connectivity index (χ0) is 13.7. The molecule has 108 valence electrons. The van der Waals surface area contributed by atoms with Gasteiger partial charge >= 0.3 is 0 Å². The third-order valence-electron chi connectivity index (χ3n) is 3.51. The number of nitrogens with one attached hydrogen (secondary N) is 1. The van der Waals surface area contributed by atoms with Crippen molar-refractivity contribution >= 4 is 0 Å². The summed E-state index contributed by atoms with van der Waals surface area (Å²) < 4.78 is 5.81. The normalized spacial score (nSPS) is 31.0. The molecule has 1 aliphatic heterocycles. The van der Waals surface area contributed by atoms with Crippen molar-refractivity contribution in [2.24, 2.45) is 5.92 Å². The van der Waals surface area contributed by atoms with Crippen molar-refractivity contribution in [2.75, 3.05) is 20.6 Å². The van der Waals surface area contributed by atoms with Gasteiger partial charge in [0.1, 0.15) is 0 Å². The van der Waals surface area contributed by atoms with Gasteiger partial charge in [0.25, 0.3) is 0 Å². The Kier molecular flexibility index (Phi) is 6.61. The molecule has 1 saturated heterocycles. The van der Waals surface area contributed by atoms with E-state index < -0.39 is 0 Å². The Bertz CT molecular complexity index is 211. The molecule has 1 rings (SSSR count). The average molecular weight is 256 g/mol. The fourth-order valence-corrected chi connectivity index (χ4v) is 3.08. The molecule has 3 unspecified atom stereocenters. The van der Waals surface area contributed by atoms with Gasteiger partial charge in [-0.05, 0) is 53.1 Å². The van der Waals surface area contributed by atoms with E-state index in [1.54, 1.807) is 0 Å². The highest BCUT2D eigenvalue weighted by molar-refractivity contribution is 4.83. The molecule has 0 aromatic heterocycles. The molecule has 0 saturated carbocycles. The van der Waals surface area contributed by atoms with Crippen molar-refractivity contribution in [1.82, 2.24) is 10.2 Å². The Balaban J connectivity index is 2.47. The first kappa shape index (κ1) is 15.9. The molecule has 3 heteroatoms. The molecule has 1 N–H and O–H groups in total. The van der Waals surface area contributed by atoms with Gasteiger partial charge in [-0.2, -0.15) is 0 Å². The lowest BCUT2D eigenvalue weighted by Crippen LogP contribution is -2.49. The Labute approximate surface area is 113 Å². The van der Waals surface area contributed by atoms with Gasteiger partial charge in [-0.3, -0.25) is 0 Å². The molecule has 3 nitrogen and oxygen atoms in total. The summed E-state index contributed by atoms with van der Waals surface area (Å²) in [6.45, 7) is 10.1. The maximum absolute atomic E-state index is 5.81. The van der Waals surface area contributed by atoms with Gasteiger partial charge < -0.3 is 15.0 Å². The van der Waals surface area contributed by atoms with Crippen LogP contribution in [0, 0.1) is 5.92 Å². The van der Waals surface area contributed by atoms with Crippen LogP contribution in [0.4, 0.5) is 0 Å². The van der Waals surface area contributed by atoms with Crippen molar-refractivity contribution in [1.29, 1.82) is 0 Å². The lowest BCUT2D eigenvalue weighted by atomic mass is 9.96. The van der Waals surface area contributed by atoms with E-state index in [4.69, 9.17) is 4.74 Å². The molecule has 0 aromatic carbocycles. The van der Waals surface area contributed by atoms with Crippen LogP contribution < -0.4 is 5.32 Å². The van der Waals surface area contributed by atoms with E-state index in [2.05, 4.69) is 52.0 Å². The fourth-order valence-electron chi connectivity index (χ4n) is 3.08. The number of likely N-dealkylation sites (N-methyl/N-ethyl adjacent to an activating group) is 1. The third kappa shape index (κ3) is 6.17. The molecule has 0 bridgehead atoms. The van der Waals surface area contributed by atoms with Gasteiger partial charge in [-0.15, -0.1) is 0 Å². The van der Waals surface area contributed by atoms with Crippen LogP contribution >= 0.6 is 0 Å². The van der Waals surface area contributed by atoms with Crippen molar-refractivity contribution in [2.45, 2.75) is 71.2 Å². The Morgan fingerprint density at radius 1 is 1.17 bits per heavy atom. The minimum atomic E-state index is 0.394. The molecule has 0 amide bonds. The monoisotopic (exact) mass is 256 g/mol. The molecule has 18 heavy (non-hydrogen) atoms. The summed E-state index contributed by atoms with van der Waals surface area (Å²) in [5.41, 5.74) is 0. The Morgan fingerprint density at radius 3 is 2.17 bits per heavy atom. The van der Waals surface area contributed by atoms with E-state index in [-0.39, 0.29) is 0 Å². The second kappa shape index (κ2) is 7.46. The summed E-state index contributed by atoms with van der Waals surface area (Å²) in [4.78, 5) is 2.28. The molecule has 0 aliphatic carbocycles. The van der Waals surface area contributed by atoms with E-state index in [0.29, 0.717) is 24.3 Å². The molecule has 3 atom stereocenters. The lowest BCUT2D eigenvalue weighted by molar-refractivity contribution is -0.0441. The van der Waals surface area contributed by atoms with Gasteiger partial charge in [0.2, 0.25) is 0 Å². The van der Waals surface area contributed by atoms with E-state index in [1.807, 2.05) is 0 Å². The summed E-state index contributed by atoms with van der Waals surface area (Å²) in [6.07, 6.45) is 4.33. The minimum Gasteiger partial charge on any atom is -0.375 e. The van der Waals surface area contributed by atoms with Crippen LogP contribution in [-0.4, -0.2) is 49.8 Å². The molecular formula is C15H32N2O. The zero-order valence-electron chi connectivity index (χ0n) is 13.1. The van der Waals surface area contributed by atoms with Gasteiger partial charge in [0, 0.05) is 18.6 Å². The standard InChI is InChI=1S/C15H32N2O/c1-11(2)7-15(10-17(5)6)16-14-8-12(3)18-13(4)9-14/h11-16H,7-10H2,1-6H3.